The van der Waals surface area contributed by atoms with Crippen molar-refractivity contribution in [2.45, 2.75) is 51.1 Å². The SMILES string of the molecule is CCNC(=O)[C@H]1O[C@@H](n2cnc3c(N)ncnc32)[C@H]2OC(C)(C)O[C@@H]21. The Bertz CT molecular complexity index is 821. The zero-order valence-electron chi connectivity index (χ0n) is 14.2. The number of nitrogen functional groups attached to an aromatic ring is 1. The lowest BCUT2D eigenvalue weighted by Gasteiger charge is -2.24. The summed E-state index contributed by atoms with van der Waals surface area (Å²) >= 11 is 0. The monoisotopic (exact) mass is 348 g/mol. The lowest BCUT2D eigenvalue weighted by atomic mass is 10.1. The maximum Gasteiger partial charge on any atom is 0.252 e. The molecule has 0 spiro atoms. The molecule has 2 aromatic rings. The van der Waals surface area contributed by atoms with E-state index in [1.54, 1.807) is 10.9 Å². The van der Waals surface area contributed by atoms with E-state index in [1.807, 2.05) is 20.8 Å². The van der Waals surface area contributed by atoms with Gasteiger partial charge in [-0.1, -0.05) is 0 Å². The van der Waals surface area contributed by atoms with Gasteiger partial charge >= 0.3 is 0 Å². The third kappa shape index (κ3) is 2.53. The molecule has 0 bridgehead atoms. The number of ether oxygens (including phenoxy) is 3. The van der Waals surface area contributed by atoms with Gasteiger partial charge < -0.3 is 25.3 Å². The van der Waals surface area contributed by atoms with Crippen LogP contribution in [-0.2, 0) is 19.0 Å². The van der Waals surface area contributed by atoms with Crippen molar-refractivity contribution >= 4 is 22.9 Å². The highest BCUT2D eigenvalue weighted by molar-refractivity contribution is 5.82. The van der Waals surface area contributed by atoms with Crippen LogP contribution >= 0.6 is 0 Å². The Morgan fingerprint density at radius 3 is 2.84 bits per heavy atom. The number of nitrogens with one attached hydrogen (secondary N) is 1. The molecule has 0 unspecified atom stereocenters. The molecular formula is C15H20N6O4. The molecule has 0 aliphatic carbocycles. The first kappa shape index (κ1) is 16.2. The molecule has 2 aliphatic heterocycles. The molecule has 2 aromatic heterocycles. The van der Waals surface area contributed by atoms with Crippen LogP contribution in [0, 0.1) is 0 Å². The van der Waals surface area contributed by atoms with Crippen LogP contribution in [0.25, 0.3) is 11.2 Å². The predicted octanol–water partition coefficient (Wildman–Crippen LogP) is -0.0379. The standard InChI is InChI=1S/C15H20N6O4/c1-4-17-13(22)9-8-10(25-15(2,3)24-8)14(23-9)21-6-20-7-11(16)18-5-19-12(7)21/h5-6,8-10,14H,4H2,1-3H3,(H,17,22)(H2,16,18,19)/t8-,9+,10+,14-/m1/s1. The van der Waals surface area contributed by atoms with Crippen LogP contribution < -0.4 is 11.1 Å². The molecule has 10 nitrogen and oxygen atoms in total. The molecule has 1 amide bonds. The average molecular weight is 348 g/mol. The number of likely N-dealkylation sites (N-methyl/N-ethyl adjacent to an activating group) is 1. The number of fused-ring (bicyclic) bond motifs is 2. The van der Waals surface area contributed by atoms with Crippen molar-refractivity contribution in [2.75, 3.05) is 12.3 Å². The van der Waals surface area contributed by atoms with E-state index in [0.717, 1.165) is 0 Å². The minimum Gasteiger partial charge on any atom is -0.382 e. The molecule has 4 rings (SSSR count). The van der Waals surface area contributed by atoms with Gasteiger partial charge in [0.2, 0.25) is 0 Å². The van der Waals surface area contributed by atoms with Gasteiger partial charge in [-0.25, -0.2) is 15.0 Å². The van der Waals surface area contributed by atoms with E-state index in [-0.39, 0.29) is 11.7 Å². The molecule has 25 heavy (non-hydrogen) atoms. The Morgan fingerprint density at radius 2 is 2.08 bits per heavy atom. The number of carbonyl (C=O) groups excluding carboxylic acids is 1. The van der Waals surface area contributed by atoms with Crippen molar-refractivity contribution < 1.29 is 19.0 Å². The molecule has 134 valence electrons. The maximum absolute atomic E-state index is 12.4. The summed E-state index contributed by atoms with van der Waals surface area (Å²) in [5.74, 6) is -0.769. The summed E-state index contributed by atoms with van der Waals surface area (Å²) in [6.45, 7) is 5.97. The van der Waals surface area contributed by atoms with Gasteiger partial charge in [-0.15, -0.1) is 0 Å². The number of imidazole rings is 1. The summed E-state index contributed by atoms with van der Waals surface area (Å²) in [6.07, 6.45) is 0.526. The van der Waals surface area contributed by atoms with Crippen molar-refractivity contribution in [2.24, 2.45) is 0 Å². The molecular weight excluding hydrogens is 328 g/mol. The zero-order valence-corrected chi connectivity index (χ0v) is 14.2. The second-order valence-electron chi connectivity index (χ2n) is 6.49. The average Bonchev–Trinajstić information content (AvgIpc) is 3.18. The highest BCUT2D eigenvalue weighted by Gasteiger charge is 2.58. The van der Waals surface area contributed by atoms with Crippen LogP contribution in [0.15, 0.2) is 12.7 Å². The summed E-state index contributed by atoms with van der Waals surface area (Å²) in [6, 6.07) is 0. The number of hydrogen-bond acceptors (Lipinski definition) is 8. The molecule has 0 radical (unpaired) electrons. The van der Waals surface area contributed by atoms with Gasteiger partial charge in [0.25, 0.3) is 5.91 Å². The Balaban J connectivity index is 1.73. The normalized spacial score (nSPS) is 30.5. The summed E-state index contributed by atoms with van der Waals surface area (Å²) in [4.78, 5) is 24.8. The van der Waals surface area contributed by atoms with E-state index in [1.165, 1.54) is 6.33 Å². The number of amides is 1. The van der Waals surface area contributed by atoms with E-state index in [2.05, 4.69) is 20.3 Å². The van der Waals surface area contributed by atoms with E-state index < -0.39 is 30.3 Å². The molecule has 10 heteroatoms. The third-order valence-electron chi connectivity index (χ3n) is 4.30. The minimum absolute atomic E-state index is 0.236. The molecule has 4 atom stereocenters. The number of aromatic nitrogens is 4. The lowest BCUT2D eigenvalue weighted by molar-refractivity contribution is -0.197. The molecule has 0 saturated carbocycles. The second-order valence-corrected chi connectivity index (χ2v) is 6.49. The van der Waals surface area contributed by atoms with Crippen LogP contribution in [-0.4, -0.2) is 56.1 Å². The topological polar surface area (TPSA) is 126 Å². The first-order valence-electron chi connectivity index (χ1n) is 8.13. The van der Waals surface area contributed by atoms with Crippen LogP contribution in [0.3, 0.4) is 0 Å². The van der Waals surface area contributed by atoms with Gasteiger partial charge in [0.1, 0.15) is 24.1 Å². The first-order valence-corrected chi connectivity index (χ1v) is 8.13. The number of carbonyl (C=O) groups is 1. The molecule has 0 aromatic carbocycles. The molecule has 2 saturated heterocycles. The maximum atomic E-state index is 12.4. The largest absolute Gasteiger partial charge is 0.382 e. The van der Waals surface area contributed by atoms with Crippen molar-refractivity contribution in [1.82, 2.24) is 24.8 Å². The number of anilines is 1. The summed E-state index contributed by atoms with van der Waals surface area (Å²) < 4.78 is 19.6. The fraction of sp³-hybridized carbons (Fsp3) is 0.600. The minimum atomic E-state index is -0.813. The Hall–Kier alpha value is -2.30. The highest BCUT2D eigenvalue weighted by Crippen LogP contribution is 2.43. The molecule has 2 fully saturated rings. The summed E-state index contributed by atoms with van der Waals surface area (Å²) in [5, 5.41) is 2.77. The Labute approximate surface area is 143 Å². The van der Waals surface area contributed by atoms with Gasteiger partial charge in [-0.3, -0.25) is 9.36 Å². The zero-order chi connectivity index (χ0) is 17.8. The van der Waals surface area contributed by atoms with Gasteiger partial charge in [-0.2, -0.15) is 0 Å². The van der Waals surface area contributed by atoms with Gasteiger partial charge in [0.15, 0.2) is 29.6 Å². The van der Waals surface area contributed by atoms with Gasteiger partial charge in [-0.05, 0) is 20.8 Å². The number of rotatable bonds is 3. The summed E-state index contributed by atoms with van der Waals surface area (Å²) in [5.41, 5.74) is 6.83. The Kier molecular flexibility index (Phi) is 3.63. The smallest absolute Gasteiger partial charge is 0.252 e. The van der Waals surface area contributed by atoms with Crippen molar-refractivity contribution in [3.63, 3.8) is 0 Å². The number of hydrogen-bond donors (Lipinski definition) is 2. The van der Waals surface area contributed by atoms with Gasteiger partial charge in [0, 0.05) is 6.54 Å². The number of nitrogens with zero attached hydrogens (tertiary/aromatic N) is 4. The molecule has 4 heterocycles. The quantitative estimate of drug-likeness (QED) is 0.791. The molecule has 2 aliphatic rings. The van der Waals surface area contributed by atoms with Crippen molar-refractivity contribution in [1.29, 1.82) is 0 Å². The van der Waals surface area contributed by atoms with Gasteiger partial charge in [0.05, 0.1) is 6.33 Å². The van der Waals surface area contributed by atoms with Crippen LogP contribution in [0.1, 0.15) is 27.0 Å². The van der Waals surface area contributed by atoms with Crippen LogP contribution in [0.4, 0.5) is 5.82 Å². The predicted molar refractivity (Wildman–Crippen MR) is 86.2 cm³/mol. The fourth-order valence-electron chi connectivity index (χ4n) is 3.34. The Morgan fingerprint density at radius 1 is 1.32 bits per heavy atom. The van der Waals surface area contributed by atoms with Crippen LogP contribution in [0.5, 0.6) is 0 Å². The van der Waals surface area contributed by atoms with Crippen molar-refractivity contribution in [3.05, 3.63) is 12.7 Å². The van der Waals surface area contributed by atoms with E-state index in [0.29, 0.717) is 17.7 Å². The lowest BCUT2D eigenvalue weighted by Crippen LogP contribution is -2.42. The first-order chi connectivity index (χ1) is 11.9. The third-order valence-corrected chi connectivity index (χ3v) is 4.30. The second kappa shape index (κ2) is 5.61. The molecule has 3 N–H and O–H groups in total. The highest BCUT2D eigenvalue weighted by atomic mass is 16.8. The van der Waals surface area contributed by atoms with Crippen LogP contribution in [0.2, 0.25) is 0 Å². The van der Waals surface area contributed by atoms with Crippen molar-refractivity contribution in [3.8, 4) is 0 Å². The number of nitrogens with two attached hydrogens (primary N) is 1. The van der Waals surface area contributed by atoms with E-state index in [4.69, 9.17) is 19.9 Å². The summed E-state index contributed by atoms with van der Waals surface area (Å²) in [7, 11) is 0. The fourth-order valence-corrected chi connectivity index (χ4v) is 3.34. The van der Waals surface area contributed by atoms with E-state index >= 15 is 0 Å². The van der Waals surface area contributed by atoms with E-state index in [9.17, 15) is 4.79 Å².